The molecule has 1 heterocycles. The summed E-state index contributed by atoms with van der Waals surface area (Å²) in [5.74, 6) is 0. The van der Waals surface area contributed by atoms with Crippen molar-refractivity contribution in [3.05, 3.63) is 0 Å². The topological polar surface area (TPSA) is 55.7 Å². The van der Waals surface area contributed by atoms with Gasteiger partial charge in [0.05, 0.1) is 12.2 Å². The lowest BCUT2D eigenvalue weighted by Crippen LogP contribution is -2.27. The Hall–Kier alpha value is -0.160. The summed E-state index contributed by atoms with van der Waals surface area (Å²) >= 11 is 0. The maximum Gasteiger partial charge on any atom is 0.0938 e. The molecule has 0 aromatic carbocycles. The van der Waals surface area contributed by atoms with Crippen LogP contribution in [-0.4, -0.2) is 59.5 Å². The molecule has 0 bridgehead atoms. The van der Waals surface area contributed by atoms with Crippen LogP contribution >= 0.6 is 0 Å². The number of hydrogen-bond acceptors (Lipinski definition) is 4. The predicted octanol–water partition coefficient (Wildman–Crippen LogP) is -0.834. The minimum atomic E-state index is -0.536. The normalized spacial score (nSPS) is 33.9. The molecule has 1 aliphatic carbocycles. The van der Waals surface area contributed by atoms with E-state index in [1.54, 1.807) is 0 Å². The van der Waals surface area contributed by atoms with E-state index < -0.39 is 12.2 Å². The van der Waals surface area contributed by atoms with Gasteiger partial charge in [0.15, 0.2) is 0 Å². The molecule has 3 N–H and O–H groups in total. The van der Waals surface area contributed by atoms with Crippen LogP contribution in [0.15, 0.2) is 0 Å². The predicted molar refractivity (Wildman–Crippen MR) is 54.1 cm³/mol. The monoisotopic (exact) mass is 200 g/mol. The molecule has 0 amide bonds. The first-order chi connectivity index (χ1) is 6.75. The van der Waals surface area contributed by atoms with E-state index >= 15 is 0 Å². The molecular weight excluding hydrogens is 180 g/mol. The van der Waals surface area contributed by atoms with Gasteiger partial charge < -0.3 is 15.5 Å². The number of rotatable bonds is 5. The Balaban J connectivity index is 1.52. The molecule has 2 rings (SSSR count). The van der Waals surface area contributed by atoms with Crippen LogP contribution in [0.25, 0.3) is 0 Å². The first-order valence-corrected chi connectivity index (χ1v) is 5.57. The van der Waals surface area contributed by atoms with Gasteiger partial charge in [0.2, 0.25) is 0 Å². The highest BCUT2D eigenvalue weighted by Gasteiger charge is 2.28. The second-order valence-corrected chi connectivity index (χ2v) is 4.48. The molecule has 2 fully saturated rings. The lowest BCUT2D eigenvalue weighted by atomic mass is 10.3. The van der Waals surface area contributed by atoms with Gasteiger partial charge in [-0.1, -0.05) is 0 Å². The maximum absolute atomic E-state index is 9.32. The van der Waals surface area contributed by atoms with E-state index in [4.69, 9.17) is 0 Å². The van der Waals surface area contributed by atoms with Gasteiger partial charge in [0.25, 0.3) is 0 Å². The summed E-state index contributed by atoms with van der Waals surface area (Å²) in [5.41, 5.74) is 0. The molecule has 4 nitrogen and oxygen atoms in total. The SMILES string of the molecule is OC1CN(CCCNC2CC2)CC1O. The molecule has 1 saturated heterocycles. The molecule has 1 saturated carbocycles. The number of hydrogen-bond donors (Lipinski definition) is 3. The highest BCUT2D eigenvalue weighted by atomic mass is 16.3. The minimum Gasteiger partial charge on any atom is -0.389 e. The highest BCUT2D eigenvalue weighted by Crippen LogP contribution is 2.18. The molecule has 2 unspecified atom stereocenters. The molecule has 82 valence electrons. The number of nitrogens with one attached hydrogen (secondary N) is 1. The molecule has 0 aromatic heterocycles. The second-order valence-electron chi connectivity index (χ2n) is 4.48. The Morgan fingerprint density at radius 3 is 2.36 bits per heavy atom. The van der Waals surface area contributed by atoms with Crippen molar-refractivity contribution in [1.29, 1.82) is 0 Å². The Kier molecular flexibility index (Phi) is 3.38. The third-order valence-electron chi connectivity index (χ3n) is 3.00. The Labute approximate surface area is 84.9 Å². The van der Waals surface area contributed by atoms with Crippen LogP contribution in [-0.2, 0) is 0 Å². The van der Waals surface area contributed by atoms with Gasteiger partial charge in [0, 0.05) is 19.1 Å². The van der Waals surface area contributed by atoms with Crippen LogP contribution in [0.4, 0.5) is 0 Å². The first-order valence-electron chi connectivity index (χ1n) is 5.57. The van der Waals surface area contributed by atoms with Crippen LogP contribution in [0, 0.1) is 0 Å². The summed E-state index contributed by atoms with van der Waals surface area (Å²) in [4.78, 5) is 2.13. The van der Waals surface area contributed by atoms with E-state index in [1.165, 1.54) is 12.8 Å². The van der Waals surface area contributed by atoms with Crippen LogP contribution in [0.5, 0.6) is 0 Å². The summed E-state index contributed by atoms with van der Waals surface area (Å²) in [6.07, 6.45) is 2.70. The van der Waals surface area contributed by atoms with Crippen LogP contribution in [0.1, 0.15) is 19.3 Å². The molecule has 1 aliphatic heterocycles. The lowest BCUT2D eigenvalue weighted by Gasteiger charge is -2.14. The average molecular weight is 200 g/mol. The number of β-amino-alcohol motifs (C(OH)–C–C–N with tert-alkyl or cyclic N) is 2. The van der Waals surface area contributed by atoms with Gasteiger partial charge in [-0.3, -0.25) is 4.90 Å². The molecule has 2 aliphatic rings. The fraction of sp³-hybridized carbons (Fsp3) is 1.00. The van der Waals surface area contributed by atoms with Gasteiger partial charge in [-0.15, -0.1) is 0 Å². The third kappa shape index (κ3) is 2.92. The molecule has 0 radical (unpaired) electrons. The van der Waals surface area contributed by atoms with Crippen molar-refractivity contribution < 1.29 is 10.2 Å². The van der Waals surface area contributed by atoms with E-state index in [0.717, 1.165) is 25.6 Å². The van der Waals surface area contributed by atoms with Gasteiger partial charge in [-0.2, -0.15) is 0 Å². The van der Waals surface area contributed by atoms with Crippen molar-refractivity contribution in [2.45, 2.75) is 37.5 Å². The second kappa shape index (κ2) is 4.57. The van der Waals surface area contributed by atoms with E-state index in [9.17, 15) is 10.2 Å². The average Bonchev–Trinajstić information content (AvgIpc) is 2.90. The largest absolute Gasteiger partial charge is 0.389 e. The van der Waals surface area contributed by atoms with Crippen molar-refractivity contribution in [2.24, 2.45) is 0 Å². The van der Waals surface area contributed by atoms with E-state index in [1.807, 2.05) is 0 Å². The number of aliphatic hydroxyl groups is 2. The first kappa shape index (κ1) is 10.4. The lowest BCUT2D eigenvalue weighted by molar-refractivity contribution is 0.0572. The zero-order chi connectivity index (χ0) is 9.97. The number of aliphatic hydroxyl groups excluding tert-OH is 2. The fourth-order valence-corrected chi connectivity index (χ4v) is 1.93. The van der Waals surface area contributed by atoms with Crippen LogP contribution in [0.3, 0.4) is 0 Å². The van der Waals surface area contributed by atoms with E-state index in [2.05, 4.69) is 10.2 Å². The quantitative estimate of drug-likeness (QED) is 0.507. The van der Waals surface area contributed by atoms with Gasteiger partial charge in [-0.05, 0) is 32.4 Å². The van der Waals surface area contributed by atoms with E-state index in [-0.39, 0.29) is 0 Å². The highest BCUT2D eigenvalue weighted by molar-refractivity contribution is 4.84. The summed E-state index contributed by atoms with van der Waals surface area (Å²) in [5, 5.41) is 22.1. The van der Waals surface area contributed by atoms with Crippen LogP contribution in [0.2, 0.25) is 0 Å². The van der Waals surface area contributed by atoms with Crippen LogP contribution < -0.4 is 5.32 Å². The number of likely N-dealkylation sites (tertiary alicyclic amines) is 1. The van der Waals surface area contributed by atoms with Crippen molar-refractivity contribution >= 4 is 0 Å². The Morgan fingerprint density at radius 2 is 1.79 bits per heavy atom. The molecule has 2 atom stereocenters. The zero-order valence-electron chi connectivity index (χ0n) is 8.52. The summed E-state index contributed by atoms with van der Waals surface area (Å²) in [7, 11) is 0. The van der Waals surface area contributed by atoms with Gasteiger partial charge in [-0.25, -0.2) is 0 Å². The molecule has 0 spiro atoms. The molecule has 4 heteroatoms. The van der Waals surface area contributed by atoms with E-state index in [0.29, 0.717) is 13.1 Å². The molecule has 0 aromatic rings. The maximum atomic E-state index is 9.32. The minimum absolute atomic E-state index is 0.536. The standard InChI is InChI=1S/C10H20N2O2/c13-9-6-12(7-10(9)14)5-1-4-11-8-2-3-8/h8-11,13-14H,1-7H2. The van der Waals surface area contributed by atoms with Gasteiger partial charge >= 0.3 is 0 Å². The smallest absolute Gasteiger partial charge is 0.0938 e. The van der Waals surface area contributed by atoms with Crippen molar-refractivity contribution in [1.82, 2.24) is 10.2 Å². The fourth-order valence-electron chi connectivity index (χ4n) is 1.93. The van der Waals surface area contributed by atoms with Gasteiger partial charge in [0.1, 0.15) is 0 Å². The summed E-state index contributed by atoms with van der Waals surface area (Å²) < 4.78 is 0. The Morgan fingerprint density at radius 1 is 1.14 bits per heavy atom. The van der Waals surface area contributed by atoms with Crippen molar-refractivity contribution in [3.8, 4) is 0 Å². The molecule has 14 heavy (non-hydrogen) atoms. The molecular formula is C10H20N2O2. The third-order valence-corrected chi connectivity index (χ3v) is 3.00. The zero-order valence-corrected chi connectivity index (χ0v) is 8.52. The summed E-state index contributed by atoms with van der Waals surface area (Å²) in [6, 6.07) is 0.782. The van der Waals surface area contributed by atoms with Crippen molar-refractivity contribution in [2.75, 3.05) is 26.2 Å². The number of nitrogens with zero attached hydrogens (tertiary/aromatic N) is 1. The summed E-state index contributed by atoms with van der Waals surface area (Å²) in [6.45, 7) is 3.30. The Bertz CT molecular complexity index is 175. The van der Waals surface area contributed by atoms with Crippen molar-refractivity contribution in [3.63, 3.8) is 0 Å².